The summed E-state index contributed by atoms with van der Waals surface area (Å²) >= 11 is 18.3. The van der Waals surface area contributed by atoms with Crippen LogP contribution < -0.4 is 0 Å². The lowest BCUT2D eigenvalue weighted by molar-refractivity contribution is -0.238. The number of nitrogens with zero attached hydrogens (tertiary/aromatic N) is 2. The summed E-state index contributed by atoms with van der Waals surface area (Å²) in [5.41, 5.74) is 0.0355. The summed E-state index contributed by atoms with van der Waals surface area (Å²) in [5.74, 6) is -0.623. The summed E-state index contributed by atoms with van der Waals surface area (Å²) in [6, 6.07) is 6.50. The van der Waals surface area contributed by atoms with Gasteiger partial charge in [-0.25, -0.2) is 0 Å². The Balaban J connectivity index is 1.53. The molecule has 0 N–H and O–H groups in total. The van der Waals surface area contributed by atoms with Crippen LogP contribution in [0.2, 0.25) is 0 Å². The monoisotopic (exact) mass is 532 g/mol. The van der Waals surface area contributed by atoms with Crippen LogP contribution in [0, 0.1) is 17.3 Å². The summed E-state index contributed by atoms with van der Waals surface area (Å²) in [6.45, 7) is 6.59. The smallest absolute Gasteiger partial charge is 0.341 e. The number of alkyl halides is 3. The van der Waals surface area contributed by atoms with E-state index >= 15 is 0 Å². The Labute approximate surface area is 212 Å². The maximum absolute atomic E-state index is 14.6. The molecule has 3 aliphatic rings. The standard InChI is InChI=1S/C25H26Cl3F3N2O/c1-13(2)23(34)33-11-17(12-33)15-4-6-16(7-5-15)21-10-24(14(3)32-21,25(29,30)31)18-8-19(26)22(28)20(27)9-18/h4-8,13-14,17-18H,9-12H2,1-3H3. The zero-order chi connectivity index (χ0) is 25.0. The molecule has 2 heterocycles. The van der Waals surface area contributed by atoms with E-state index in [0.29, 0.717) is 24.4 Å². The van der Waals surface area contributed by atoms with Crippen molar-refractivity contribution in [2.75, 3.05) is 13.1 Å². The first-order valence-corrected chi connectivity index (χ1v) is 12.4. The van der Waals surface area contributed by atoms with E-state index in [1.807, 2.05) is 43.0 Å². The third kappa shape index (κ3) is 4.31. The zero-order valence-electron chi connectivity index (χ0n) is 19.1. The van der Waals surface area contributed by atoms with Gasteiger partial charge in [0.1, 0.15) is 5.41 Å². The molecule has 1 amide bonds. The number of aliphatic imine (C=N–C) groups is 1. The van der Waals surface area contributed by atoms with Crippen molar-refractivity contribution >= 4 is 46.4 Å². The molecule has 3 nitrogen and oxygen atoms in total. The highest BCUT2D eigenvalue weighted by Gasteiger charge is 2.64. The van der Waals surface area contributed by atoms with Crippen LogP contribution in [-0.4, -0.2) is 41.8 Å². The highest BCUT2D eigenvalue weighted by atomic mass is 35.5. The second-order valence-electron chi connectivity index (χ2n) is 9.73. The first kappa shape index (κ1) is 25.6. The number of halogens is 6. The van der Waals surface area contributed by atoms with E-state index in [-0.39, 0.29) is 45.7 Å². The maximum Gasteiger partial charge on any atom is 0.397 e. The number of benzene rings is 1. The van der Waals surface area contributed by atoms with E-state index in [1.165, 1.54) is 13.0 Å². The topological polar surface area (TPSA) is 32.7 Å². The predicted molar refractivity (Wildman–Crippen MR) is 130 cm³/mol. The lowest BCUT2D eigenvalue weighted by Gasteiger charge is -2.41. The molecule has 1 aliphatic carbocycles. The number of carbonyl (C=O) groups is 1. The molecule has 2 aliphatic heterocycles. The van der Waals surface area contributed by atoms with Gasteiger partial charge in [0.15, 0.2) is 0 Å². The van der Waals surface area contributed by atoms with Crippen LogP contribution in [0.1, 0.15) is 50.7 Å². The van der Waals surface area contributed by atoms with Crippen molar-refractivity contribution in [3.8, 4) is 0 Å². The number of allylic oxidation sites excluding steroid dienone is 4. The molecule has 9 heteroatoms. The lowest BCUT2D eigenvalue weighted by Crippen LogP contribution is -2.50. The summed E-state index contributed by atoms with van der Waals surface area (Å²) in [6.07, 6.45) is -3.43. The van der Waals surface area contributed by atoms with Crippen LogP contribution in [0.5, 0.6) is 0 Å². The van der Waals surface area contributed by atoms with E-state index in [4.69, 9.17) is 34.8 Å². The Bertz CT molecular complexity index is 1070. The minimum absolute atomic E-state index is 0.0323. The predicted octanol–water partition coefficient (Wildman–Crippen LogP) is 7.23. The molecule has 4 rings (SSSR count). The zero-order valence-corrected chi connectivity index (χ0v) is 21.4. The molecule has 3 unspecified atom stereocenters. The highest BCUT2D eigenvalue weighted by molar-refractivity contribution is 6.48. The van der Waals surface area contributed by atoms with Crippen molar-refractivity contribution in [1.82, 2.24) is 4.90 Å². The molecular formula is C25H26Cl3F3N2O. The quantitative estimate of drug-likeness (QED) is 0.402. The second-order valence-corrected chi connectivity index (χ2v) is 11.0. The number of rotatable bonds is 4. The fraction of sp³-hybridized carbons (Fsp3) is 0.520. The summed E-state index contributed by atoms with van der Waals surface area (Å²) < 4.78 is 43.8. The Hall–Kier alpha value is -1.50. The van der Waals surface area contributed by atoms with Crippen LogP contribution in [0.15, 0.2) is 50.4 Å². The minimum atomic E-state index is -4.52. The number of hydrogen-bond acceptors (Lipinski definition) is 2. The van der Waals surface area contributed by atoms with E-state index in [2.05, 4.69) is 4.99 Å². The van der Waals surface area contributed by atoms with Crippen LogP contribution in [0.4, 0.5) is 13.2 Å². The first-order chi connectivity index (χ1) is 15.8. The van der Waals surface area contributed by atoms with Crippen molar-refractivity contribution < 1.29 is 18.0 Å². The molecule has 1 fully saturated rings. The summed E-state index contributed by atoms with van der Waals surface area (Å²) in [5, 5.41) is 0.282. The second kappa shape index (κ2) is 9.18. The largest absolute Gasteiger partial charge is 0.397 e. The molecular weight excluding hydrogens is 508 g/mol. The molecule has 184 valence electrons. The fourth-order valence-electron chi connectivity index (χ4n) is 5.22. The molecule has 0 saturated carbocycles. The number of hydrogen-bond donors (Lipinski definition) is 0. The van der Waals surface area contributed by atoms with Gasteiger partial charge in [-0.2, -0.15) is 13.2 Å². The molecule has 0 bridgehead atoms. The van der Waals surface area contributed by atoms with Crippen molar-refractivity contribution in [1.29, 1.82) is 0 Å². The first-order valence-electron chi connectivity index (χ1n) is 11.3. The maximum atomic E-state index is 14.6. The number of carbonyl (C=O) groups excluding carboxylic acids is 1. The van der Waals surface area contributed by atoms with Crippen LogP contribution in [-0.2, 0) is 4.79 Å². The molecule has 1 aromatic rings. The van der Waals surface area contributed by atoms with Crippen LogP contribution >= 0.6 is 34.8 Å². The SMILES string of the molecule is CC(C)C(=O)N1CC(c2ccc(C3=NC(C)C(C4C=C(Cl)C(Cl)=C(Cl)C4)(C(F)(F)F)C3)cc2)C1. The van der Waals surface area contributed by atoms with Gasteiger partial charge in [-0.1, -0.05) is 79.0 Å². The summed E-state index contributed by atoms with van der Waals surface area (Å²) in [7, 11) is 0. The average molecular weight is 534 g/mol. The molecule has 1 saturated heterocycles. The highest BCUT2D eigenvalue weighted by Crippen LogP contribution is 2.58. The van der Waals surface area contributed by atoms with E-state index in [1.54, 1.807) is 0 Å². The third-order valence-electron chi connectivity index (χ3n) is 7.34. The molecule has 0 spiro atoms. The van der Waals surface area contributed by atoms with Crippen LogP contribution in [0.25, 0.3) is 0 Å². The van der Waals surface area contributed by atoms with E-state index in [9.17, 15) is 18.0 Å². The average Bonchev–Trinajstić information content (AvgIpc) is 3.09. The Morgan fingerprint density at radius 3 is 2.29 bits per heavy atom. The minimum Gasteiger partial charge on any atom is -0.341 e. The van der Waals surface area contributed by atoms with E-state index < -0.39 is 23.6 Å². The molecule has 3 atom stereocenters. The van der Waals surface area contributed by atoms with Crippen molar-refractivity contribution in [3.63, 3.8) is 0 Å². The Morgan fingerprint density at radius 2 is 1.76 bits per heavy atom. The van der Waals surface area contributed by atoms with Crippen molar-refractivity contribution in [2.24, 2.45) is 22.2 Å². The van der Waals surface area contributed by atoms with Gasteiger partial charge in [-0.3, -0.25) is 9.79 Å². The molecule has 0 radical (unpaired) electrons. The molecule has 1 aromatic carbocycles. The van der Waals surface area contributed by atoms with E-state index in [0.717, 1.165) is 5.56 Å². The molecule has 34 heavy (non-hydrogen) atoms. The Morgan fingerprint density at radius 1 is 1.15 bits per heavy atom. The van der Waals surface area contributed by atoms with Gasteiger partial charge in [0.05, 0.1) is 16.1 Å². The van der Waals surface area contributed by atoms with Gasteiger partial charge in [0.2, 0.25) is 5.91 Å². The number of amides is 1. The van der Waals surface area contributed by atoms with Crippen molar-refractivity contribution in [2.45, 2.75) is 51.7 Å². The Kier molecular flexibility index (Phi) is 6.91. The summed E-state index contributed by atoms with van der Waals surface area (Å²) in [4.78, 5) is 18.4. The number of likely N-dealkylation sites (tertiary alicyclic amines) is 1. The molecule has 0 aromatic heterocycles. The van der Waals surface area contributed by atoms with Gasteiger partial charge >= 0.3 is 6.18 Å². The fourth-order valence-corrected chi connectivity index (χ4v) is 5.94. The van der Waals surface area contributed by atoms with Gasteiger partial charge in [-0.15, -0.1) is 0 Å². The third-order valence-corrected chi connectivity index (χ3v) is 8.62. The van der Waals surface area contributed by atoms with Gasteiger partial charge in [0.25, 0.3) is 0 Å². The van der Waals surface area contributed by atoms with Gasteiger partial charge in [-0.05, 0) is 24.5 Å². The van der Waals surface area contributed by atoms with Crippen molar-refractivity contribution in [3.05, 3.63) is 56.6 Å². The lowest BCUT2D eigenvalue weighted by atomic mass is 9.66. The normalized spacial score (nSPS) is 28.2. The van der Waals surface area contributed by atoms with Gasteiger partial charge in [0, 0.05) is 48.0 Å². The van der Waals surface area contributed by atoms with Crippen LogP contribution in [0.3, 0.4) is 0 Å². The van der Waals surface area contributed by atoms with Gasteiger partial charge < -0.3 is 4.90 Å².